The zero-order valence-electron chi connectivity index (χ0n) is 9.80. The van der Waals surface area contributed by atoms with Crippen molar-refractivity contribution in [3.8, 4) is 0 Å². The third kappa shape index (κ3) is 5.47. The minimum Gasteiger partial charge on any atom is -0.242 e. The first kappa shape index (κ1) is 12.9. The van der Waals surface area contributed by atoms with E-state index in [2.05, 4.69) is 38.0 Å². The maximum atomic E-state index is 4.14. The SMILES string of the molecule is CC(C)SCc1cn(CSC(C)C)nn1. The van der Waals surface area contributed by atoms with Crippen LogP contribution in [0.2, 0.25) is 0 Å². The van der Waals surface area contributed by atoms with E-state index in [9.17, 15) is 0 Å². The third-order valence-corrected chi connectivity index (χ3v) is 3.90. The van der Waals surface area contributed by atoms with E-state index in [1.807, 2.05) is 34.4 Å². The summed E-state index contributed by atoms with van der Waals surface area (Å²) in [5.41, 5.74) is 1.08. The molecule has 3 nitrogen and oxygen atoms in total. The van der Waals surface area contributed by atoms with Gasteiger partial charge in [-0.25, -0.2) is 4.68 Å². The zero-order valence-corrected chi connectivity index (χ0v) is 11.4. The smallest absolute Gasteiger partial charge is 0.0926 e. The summed E-state index contributed by atoms with van der Waals surface area (Å²) in [5.74, 6) is 1.86. The Labute approximate surface area is 100 Å². The molecule has 1 heterocycles. The Bertz CT molecular complexity index is 257. The molecule has 0 atom stereocenters. The third-order valence-electron chi connectivity index (χ3n) is 1.69. The number of nitrogens with zero attached hydrogens (tertiary/aromatic N) is 3. The molecule has 0 bridgehead atoms. The van der Waals surface area contributed by atoms with Gasteiger partial charge < -0.3 is 0 Å². The second-order valence-electron chi connectivity index (χ2n) is 3.95. The second-order valence-corrected chi connectivity index (χ2v) is 7.05. The number of hydrogen-bond donors (Lipinski definition) is 0. The fourth-order valence-corrected chi connectivity index (χ4v) is 2.16. The lowest BCUT2D eigenvalue weighted by Crippen LogP contribution is -1.98. The molecule has 0 saturated carbocycles. The van der Waals surface area contributed by atoms with Crippen LogP contribution in [0.1, 0.15) is 33.4 Å². The van der Waals surface area contributed by atoms with Crippen LogP contribution < -0.4 is 0 Å². The number of rotatable bonds is 6. The predicted molar refractivity (Wildman–Crippen MR) is 69.2 cm³/mol. The highest BCUT2D eigenvalue weighted by Crippen LogP contribution is 2.16. The van der Waals surface area contributed by atoms with Gasteiger partial charge in [-0.05, 0) is 5.25 Å². The standard InChI is InChI=1S/C10H19N3S2/c1-8(2)14-6-10-5-13(12-11-10)7-15-9(3)4/h5,8-9H,6-7H2,1-4H3. The van der Waals surface area contributed by atoms with Crippen LogP contribution in [-0.4, -0.2) is 25.5 Å². The van der Waals surface area contributed by atoms with Crippen molar-refractivity contribution in [3.63, 3.8) is 0 Å². The van der Waals surface area contributed by atoms with Crippen molar-refractivity contribution >= 4 is 23.5 Å². The Morgan fingerprint density at radius 3 is 2.47 bits per heavy atom. The van der Waals surface area contributed by atoms with Crippen LogP contribution in [-0.2, 0) is 11.6 Å². The van der Waals surface area contributed by atoms with Gasteiger partial charge in [-0.2, -0.15) is 11.8 Å². The summed E-state index contributed by atoms with van der Waals surface area (Å²) in [6.07, 6.45) is 2.05. The molecule has 5 heteroatoms. The average molecular weight is 245 g/mol. The van der Waals surface area contributed by atoms with Gasteiger partial charge >= 0.3 is 0 Å². The summed E-state index contributed by atoms with van der Waals surface area (Å²) >= 11 is 3.78. The second kappa shape index (κ2) is 6.43. The predicted octanol–water partition coefficient (Wildman–Crippen LogP) is 3.02. The van der Waals surface area contributed by atoms with Gasteiger partial charge in [-0.15, -0.1) is 16.9 Å². The van der Waals surface area contributed by atoms with E-state index >= 15 is 0 Å². The highest BCUT2D eigenvalue weighted by Gasteiger charge is 2.03. The first-order valence-electron chi connectivity index (χ1n) is 5.20. The first-order valence-corrected chi connectivity index (χ1v) is 7.30. The minimum absolute atomic E-state index is 0.641. The minimum atomic E-state index is 0.641. The van der Waals surface area contributed by atoms with Gasteiger partial charge in [0.1, 0.15) is 0 Å². The van der Waals surface area contributed by atoms with Crippen molar-refractivity contribution in [2.45, 2.75) is 49.8 Å². The molecule has 0 aliphatic rings. The van der Waals surface area contributed by atoms with Gasteiger partial charge in [-0.1, -0.05) is 32.9 Å². The summed E-state index contributed by atoms with van der Waals surface area (Å²) in [7, 11) is 0. The molecule has 1 aromatic rings. The van der Waals surface area contributed by atoms with Gasteiger partial charge in [-0.3, -0.25) is 0 Å². The molecule has 0 aliphatic heterocycles. The Kier molecular flexibility index (Phi) is 5.53. The summed E-state index contributed by atoms with van der Waals surface area (Å²) in [6, 6.07) is 0. The van der Waals surface area contributed by atoms with Crippen molar-refractivity contribution in [2.75, 3.05) is 0 Å². The van der Waals surface area contributed by atoms with E-state index < -0.39 is 0 Å². The molecule has 0 N–H and O–H groups in total. The monoisotopic (exact) mass is 245 g/mol. The molecule has 0 saturated heterocycles. The topological polar surface area (TPSA) is 30.7 Å². The van der Waals surface area contributed by atoms with Gasteiger partial charge in [0.15, 0.2) is 0 Å². The average Bonchev–Trinajstić information content (AvgIpc) is 2.59. The maximum absolute atomic E-state index is 4.14. The Balaban J connectivity index is 2.35. The summed E-state index contributed by atoms with van der Waals surface area (Å²) in [5, 5.41) is 9.54. The van der Waals surface area contributed by atoms with Crippen LogP contribution in [0.4, 0.5) is 0 Å². The van der Waals surface area contributed by atoms with Crippen molar-refractivity contribution in [2.24, 2.45) is 0 Å². The fraction of sp³-hybridized carbons (Fsp3) is 0.800. The van der Waals surface area contributed by atoms with Gasteiger partial charge in [0.2, 0.25) is 0 Å². The lowest BCUT2D eigenvalue weighted by molar-refractivity contribution is 0.699. The van der Waals surface area contributed by atoms with Crippen molar-refractivity contribution in [1.29, 1.82) is 0 Å². The number of hydrogen-bond acceptors (Lipinski definition) is 4. The first-order chi connectivity index (χ1) is 7.08. The lowest BCUT2D eigenvalue weighted by Gasteiger charge is -2.03. The van der Waals surface area contributed by atoms with Gasteiger partial charge in [0, 0.05) is 11.0 Å². The van der Waals surface area contributed by atoms with E-state index in [0.29, 0.717) is 10.5 Å². The number of thioether (sulfide) groups is 2. The Morgan fingerprint density at radius 2 is 1.87 bits per heavy atom. The molecule has 0 spiro atoms. The summed E-state index contributed by atoms with van der Waals surface area (Å²) in [4.78, 5) is 0. The molecule has 15 heavy (non-hydrogen) atoms. The van der Waals surface area contributed by atoms with Crippen LogP contribution in [0.3, 0.4) is 0 Å². The van der Waals surface area contributed by atoms with Gasteiger partial charge in [0.05, 0.1) is 17.8 Å². The van der Waals surface area contributed by atoms with Crippen LogP contribution in [0, 0.1) is 0 Å². The molecule has 0 aliphatic carbocycles. The lowest BCUT2D eigenvalue weighted by atomic mass is 10.5. The fourth-order valence-electron chi connectivity index (χ4n) is 0.945. The highest BCUT2D eigenvalue weighted by atomic mass is 32.2. The van der Waals surface area contributed by atoms with E-state index in [-0.39, 0.29) is 0 Å². The number of aromatic nitrogens is 3. The molecule has 0 aromatic carbocycles. The Hall–Kier alpha value is -0.160. The molecule has 0 amide bonds. The molecular weight excluding hydrogens is 226 g/mol. The molecule has 0 unspecified atom stereocenters. The summed E-state index contributed by atoms with van der Waals surface area (Å²) < 4.78 is 1.92. The quantitative estimate of drug-likeness (QED) is 0.771. The zero-order chi connectivity index (χ0) is 11.3. The molecule has 1 rings (SSSR count). The van der Waals surface area contributed by atoms with Crippen molar-refractivity contribution < 1.29 is 0 Å². The molecule has 86 valence electrons. The van der Waals surface area contributed by atoms with Crippen LogP contribution in [0.25, 0.3) is 0 Å². The molecular formula is C10H19N3S2. The van der Waals surface area contributed by atoms with E-state index in [1.54, 1.807) is 0 Å². The Morgan fingerprint density at radius 1 is 1.20 bits per heavy atom. The highest BCUT2D eigenvalue weighted by molar-refractivity contribution is 7.99. The van der Waals surface area contributed by atoms with E-state index in [4.69, 9.17) is 0 Å². The normalized spacial score (nSPS) is 11.6. The van der Waals surface area contributed by atoms with Crippen LogP contribution in [0.15, 0.2) is 6.20 Å². The van der Waals surface area contributed by atoms with E-state index in [1.165, 1.54) is 0 Å². The summed E-state index contributed by atoms with van der Waals surface area (Å²) in [6.45, 7) is 8.78. The van der Waals surface area contributed by atoms with Crippen molar-refractivity contribution in [1.82, 2.24) is 15.0 Å². The van der Waals surface area contributed by atoms with Crippen LogP contribution in [0.5, 0.6) is 0 Å². The van der Waals surface area contributed by atoms with Gasteiger partial charge in [0.25, 0.3) is 0 Å². The van der Waals surface area contributed by atoms with Crippen LogP contribution >= 0.6 is 23.5 Å². The maximum Gasteiger partial charge on any atom is 0.0926 e. The molecule has 0 radical (unpaired) electrons. The molecule has 0 fully saturated rings. The molecule has 1 aromatic heterocycles. The van der Waals surface area contributed by atoms with Crippen molar-refractivity contribution in [3.05, 3.63) is 11.9 Å². The van der Waals surface area contributed by atoms with E-state index in [0.717, 1.165) is 17.3 Å². The largest absolute Gasteiger partial charge is 0.242 e.